The summed E-state index contributed by atoms with van der Waals surface area (Å²) in [6.45, 7) is -0.227. The zero-order valence-corrected chi connectivity index (χ0v) is 11.0. The van der Waals surface area contributed by atoms with Gasteiger partial charge < -0.3 is 10.6 Å². The summed E-state index contributed by atoms with van der Waals surface area (Å²) in [4.78, 5) is 23.4. The maximum Gasteiger partial charge on any atom is 0.471 e. The third-order valence-corrected chi connectivity index (χ3v) is 3.21. The maximum absolute atomic E-state index is 12.4. The van der Waals surface area contributed by atoms with Gasteiger partial charge in [-0.15, -0.1) is 0 Å². The van der Waals surface area contributed by atoms with Crippen LogP contribution in [0.4, 0.5) is 13.2 Å². The SMILES string of the molecule is NCC(=O)c1ccc2c(c1)CCN(C(=O)C(F)(F)F)C=C2. The molecule has 7 heteroatoms. The van der Waals surface area contributed by atoms with Gasteiger partial charge in [-0.25, -0.2) is 0 Å². The molecule has 2 rings (SSSR count). The Morgan fingerprint density at radius 1 is 1.29 bits per heavy atom. The molecule has 1 aliphatic rings. The molecule has 1 heterocycles. The van der Waals surface area contributed by atoms with Crippen LogP contribution in [0.15, 0.2) is 24.4 Å². The number of fused-ring (bicyclic) bond motifs is 1. The smallest absolute Gasteiger partial charge is 0.324 e. The van der Waals surface area contributed by atoms with Crippen LogP contribution in [0.3, 0.4) is 0 Å². The molecule has 0 aliphatic carbocycles. The van der Waals surface area contributed by atoms with E-state index < -0.39 is 12.1 Å². The van der Waals surface area contributed by atoms with Crippen molar-refractivity contribution in [3.8, 4) is 0 Å². The van der Waals surface area contributed by atoms with Gasteiger partial charge in [-0.3, -0.25) is 9.59 Å². The predicted octanol–water partition coefficient (Wildman–Crippen LogP) is 1.75. The molecule has 1 aromatic rings. The molecule has 0 unspecified atom stereocenters. The number of hydrogen-bond acceptors (Lipinski definition) is 3. The standard InChI is InChI=1S/C14H13F3N2O2/c15-14(16,17)13(21)19-5-3-9-1-2-11(12(20)8-18)7-10(9)4-6-19/h1-3,5,7H,4,6,8,18H2. The first kappa shape index (κ1) is 15.2. The Hall–Kier alpha value is -2.15. The van der Waals surface area contributed by atoms with E-state index in [9.17, 15) is 22.8 Å². The molecule has 21 heavy (non-hydrogen) atoms. The molecule has 2 N–H and O–H groups in total. The van der Waals surface area contributed by atoms with Crippen molar-refractivity contribution in [2.75, 3.05) is 13.1 Å². The Kier molecular flexibility index (Phi) is 4.13. The molecular formula is C14H13F3N2O2. The number of carbonyl (C=O) groups is 2. The van der Waals surface area contributed by atoms with Crippen LogP contribution in [-0.4, -0.2) is 35.9 Å². The Morgan fingerprint density at radius 2 is 2.00 bits per heavy atom. The number of nitrogens with zero attached hydrogens (tertiary/aromatic N) is 1. The third-order valence-electron chi connectivity index (χ3n) is 3.21. The molecule has 0 fully saturated rings. The summed E-state index contributed by atoms with van der Waals surface area (Å²) in [5.74, 6) is -2.14. The van der Waals surface area contributed by atoms with Gasteiger partial charge in [-0.05, 0) is 29.7 Å². The van der Waals surface area contributed by atoms with Crippen LogP contribution < -0.4 is 5.73 Å². The van der Waals surface area contributed by atoms with E-state index in [1.165, 1.54) is 6.08 Å². The van der Waals surface area contributed by atoms with Crippen molar-refractivity contribution in [1.82, 2.24) is 4.90 Å². The monoisotopic (exact) mass is 298 g/mol. The van der Waals surface area contributed by atoms with E-state index in [0.29, 0.717) is 21.6 Å². The molecule has 0 radical (unpaired) electrons. The lowest BCUT2D eigenvalue weighted by molar-refractivity contribution is -0.182. The van der Waals surface area contributed by atoms with Crippen LogP contribution in [0.1, 0.15) is 21.5 Å². The van der Waals surface area contributed by atoms with Crippen molar-refractivity contribution in [2.45, 2.75) is 12.6 Å². The number of hydrogen-bond donors (Lipinski definition) is 1. The van der Waals surface area contributed by atoms with E-state index in [-0.39, 0.29) is 25.3 Å². The quantitative estimate of drug-likeness (QED) is 0.846. The second-order valence-corrected chi connectivity index (χ2v) is 4.60. The zero-order valence-electron chi connectivity index (χ0n) is 11.0. The van der Waals surface area contributed by atoms with Gasteiger partial charge in [0.05, 0.1) is 6.54 Å². The molecule has 1 aliphatic heterocycles. The van der Waals surface area contributed by atoms with Gasteiger partial charge in [0.2, 0.25) is 0 Å². The number of alkyl halides is 3. The molecule has 0 aromatic heterocycles. The number of Topliss-reactive ketones (excluding diaryl/α,β-unsaturated/α-hetero) is 1. The summed E-state index contributed by atoms with van der Waals surface area (Å²) < 4.78 is 37.3. The van der Waals surface area contributed by atoms with Crippen LogP contribution in [0.5, 0.6) is 0 Å². The average Bonchev–Trinajstić information content (AvgIpc) is 2.66. The summed E-state index contributed by atoms with van der Waals surface area (Å²) >= 11 is 0. The number of halogens is 3. The van der Waals surface area contributed by atoms with Crippen molar-refractivity contribution in [3.63, 3.8) is 0 Å². The summed E-state index contributed by atoms with van der Waals surface area (Å²) in [5, 5.41) is 0. The highest BCUT2D eigenvalue weighted by Crippen LogP contribution is 2.23. The fourth-order valence-electron chi connectivity index (χ4n) is 2.09. The fourth-order valence-corrected chi connectivity index (χ4v) is 2.09. The van der Waals surface area contributed by atoms with E-state index in [0.717, 1.165) is 6.20 Å². The number of ketones is 1. The number of amides is 1. The van der Waals surface area contributed by atoms with Crippen LogP contribution >= 0.6 is 0 Å². The van der Waals surface area contributed by atoms with Gasteiger partial charge in [-0.1, -0.05) is 12.1 Å². The molecule has 0 spiro atoms. The normalized spacial score (nSPS) is 14.6. The Labute approximate surface area is 119 Å². The van der Waals surface area contributed by atoms with Crippen LogP contribution in [0.2, 0.25) is 0 Å². The van der Waals surface area contributed by atoms with E-state index in [4.69, 9.17) is 5.73 Å². The number of carbonyl (C=O) groups excluding carboxylic acids is 2. The largest absolute Gasteiger partial charge is 0.471 e. The van der Waals surface area contributed by atoms with Crippen LogP contribution in [0.25, 0.3) is 6.08 Å². The van der Waals surface area contributed by atoms with Crippen molar-refractivity contribution < 1.29 is 22.8 Å². The van der Waals surface area contributed by atoms with Crippen LogP contribution in [0, 0.1) is 0 Å². The van der Waals surface area contributed by atoms with E-state index >= 15 is 0 Å². The number of rotatable bonds is 2. The molecule has 1 aromatic carbocycles. The third kappa shape index (κ3) is 3.30. The van der Waals surface area contributed by atoms with Crippen molar-refractivity contribution >= 4 is 17.8 Å². The first-order chi connectivity index (χ1) is 9.82. The lowest BCUT2D eigenvalue weighted by Crippen LogP contribution is -2.38. The van der Waals surface area contributed by atoms with E-state index in [1.54, 1.807) is 18.2 Å². The van der Waals surface area contributed by atoms with Gasteiger partial charge in [-0.2, -0.15) is 13.2 Å². The Balaban J connectivity index is 2.24. The molecule has 0 bridgehead atoms. The summed E-state index contributed by atoms with van der Waals surface area (Å²) in [6, 6.07) is 4.81. The van der Waals surface area contributed by atoms with Crippen molar-refractivity contribution in [3.05, 3.63) is 41.1 Å². The summed E-state index contributed by atoms with van der Waals surface area (Å²) in [7, 11) is 0. The Bertz CT molecular complexity index is 609. The lowest BCUT2D eigenvalue weighted by Gasteiger charge is -2.18. The average molecular weight is 298 g/mol. The Morgan fingerprint density at radius 3 is 2.62 bits per heavy atom. The first-order valence-electron chi connectivity index (χ1n) is 6.25. The predicted molar refractivity (Wildman–Crippen MR) is 70.3 cm³/mol. The van der Waals surface area contributed by atoms with Gasteiger partial charge in [0.15, 0.2) is 5.78 Å². The molecule has 112 valence electrons. The summed E-state index contributed by atoms with van der Waals surface area (Å²) in [6.07, 6.45) is -2.12. The van der Waals surface area contributed by atoms with Crippen molar-refractivity contribution in [1.29, 1.82) is 0 Å². The highest BCUT2D eigenvalue weighted by Gasteiger charge is 2.42. The minimum Gasteiger partial charge on any atom is -0.324 e. The van der Waals surface area contributed by atoms with Crippen LogP contribution in [-0.2, 0) is 11.2 Å². The highest BCUT2D eigenvalue weighted by atomic mass is 19.4. The molecule has 0 atom stereocenters. The second-order valence-electron chi connectivity index (χ2n) is 4.60. The van der Waals surface area contributed by atoms with E-state index in [2.05, 4.69) is 0 Å². The summed E-state index contributed by atoms with van der Waals surface area (Å²) in [5.41, 5.74) is 7.09. The topological polar surface area (TPSA) is 63.4 Å². The number of benzene rings is 1. The maximum atomic E-state index is 12.4. The minimum atomic E-state index is -4.90. The molecule has 0 saturated carbocycles. The van der Waals surface area contributed by atoms with E-state index in [1.807, 2.05) is 0 Å². The van der Waals surface area contributed by atoms with Gasteiger partial charge in [0, 0.05) is 18.3 Å². The van der Waals surface area contributed by atoms with Gasteiger partial charge in [0.25, 0.3) is 0 Å². The molecule has 4 nitrogen and oxygen atoms in total. The highest BCUT2D eigenvalue weighted by molar-refractivity contribution is 5.98. The fraction of sp³-hybridized carbons (Fsp3) is 0.286. The molecule has 1 amide bonds. The molecule has 0 saturated heterocycles. The van der Waals surface area contributed by atoms with Gasteiger partial charge >= 0.3 is 12.1 Å². The molecular weight excluding hydrogens is 285 g/mol. The van der Waals surface area contributed by atoms with Gasteiger partial charge in [0.1, 0.15) is 0 Å². The first-order valence-corrected chi connectivity index (χ1v) is 6.25. The second kappa shape index (κ2) is 5.69. The minimum absolute atomic E-state index is 0.0951. The van der Waals surface area contributed by atoms with Crippen molar-refractivity contribution in [2.24, 2.45) is 5.73 Å². The zero-order chi connectivity index (χ0) is 15.6. The number of nitrogens with two attached hydrogens (primary N) is 1. The lowest BCUT2D eigenvalue weighted by atomic mass is 10.00.